The molecule has 1 atom stereocenters. The van der Waals surface area contributed by atoms with E-state index in [0.717, 1.165) is 26.2 Å². The topological polar surface area (TPSA) is 36.3 Å². The lowest BCUT2D eigenvalue weighted by Crippen LogP contribution is -2.32. The molecule has 1 heterocycles. The van der Waals surface area contributed by atoms with Crippen LogP contribution in [-0.2, 0) is 4.74 Å². The molecule has 1 saturated heterocycles. The molecule has 1 unspecified atom stereocenters. The minimum absolute atomic E-state index is 0.415. The summed E-state index contributed by atoms with van der Waals surface area (Å²) in [6.07, 6.45) is 3.42. The van der Waals surface area contributed by atoms with Crippen molar-refractivity contribution >= 4 is 0 Å². The van der Waals surface area contributed by atoms with Gasteiger partial charge in [0, 0.05) is 26.1 Å². The highest BCUT2D eigenvalue weighted by atomic mass is 16.5. The van der Waals surface area contributed by atoms with Crippen molar-refractivity contribution in [2.24, 2.45) is 0 Å². The maximum Gasteiger partial charge on any atom is 0.0702 e. The van der Waals surface area contributed by atoms with E-state index in [1.165, 1.54) is 12.8 Å². The maximum atomic E-state index is 8.46. The number of hydrogen-bond donors (Lipinski definition) is 0. The molecule has 3 nitrogen and oxygen atoms in total. The first kappa shape index (κ1) is 10.5. The van der Waals surface area contributed by atoms with Crippen molar-refractivity contribution in [2.45, 2.75) is 32.3 Å². The number of hydrogen-bond acceptors (Lipinski definition) is 3. The molecule has 0 bridgehead atoms. The van der Waals surface area contributed by atoms with Gasteiger partial charge in [0.05, 0.1) is 12.2 Å². The molecule has 0 spiro atoms. The van der Waals surface area contributed by atoms with Crippen molar-refractivity contribution in [3.63, 3.8) is 0 Å². The Kier molecular flexibility index (Phi) is 4.81. The number of nitriles is 1. The minimum Gasteiger partial charge on any atom is -0.377 e. The normalized spacial score (nSPS) is 22.1. The van der Waals surface area contributed by atoms with E-state index in [1.54, 1.807) is 0 Å². The lowest BCUT2D eigenvalue weighted by atomic mass is 10.2. The molecule has 0 radical (unpaired) electrons. The molecule has 13 heavy (non-hydrogen) atoms. The number of ether oxygens (including phenoxy) is 1. The monoisotopic (exact) mass is 182 g/mol. The highest BCUT2D eigenvalue weighted by Gasteiger charge is 2.17. The number of nitrogens with zero attached hydrogens (tertiary/aromatic N) is 2. The van der Waals surface area contributed by atoms with Gasteiger partial charge in [-0.2, -0.15) is 5.26 Å². The zero-order valence-corrected chi connectivity index (χ0v) is 8.33. The smallest absolute Gasteiger partial charge is 0.0702 e. The van der Waals surface area contributed by atoms with Gasteiger partial charge in [-0.05, 0) is 19.4 Å². The van der Waals surface area contributed by atoms with Crippen molar-refractivity contribution in [1.82, 2.24) is 4.90 Å². The van der Waals surface area contributed by atoms with Gasteiger partial charge in [0.25, 0.3) is 0 Å². The summed E-state index contributed by atoms with van der Waals surface area (Å²) >= 11 is 0. The van der Waals surface area contributed by atoms with E-state index in [0.29, 0.717) is 12.5 Å². The minimum atomic E-state index is 0.415. The third kappa shape index (κ3) is 3.75. The number of likely N-dealkylation sites (N-methyl/N-ethyl adjacent to an activating group) is 1. The molecule has 0 aromatic carbocycles. The molecule has 1 fully saturated rings. The second kappa shape index (κ2) is 5.95. The lowest BCUT2D eigenvalue weighted by molar-refractivity contribution is 0.0755. The Bertz CT molecular complexity index is 170. The molecule has 0 amide bonds. The first-order valence-electron chi connectivity index (χ1n) is 5.07. The molecule has 1 aliphatic rings. The average molecular weight is 182 g/mol. The van der Waals surface area contributed by atoms with Gasteiger partial charge in [-0.25, -0.2) is 0 Å². The van der Waals surface area contributed by atoms with Gasteiger partial charge in [0.15, 0.2) is 0 Å². The summed E-state index contributed by atoms with van der Waals surface area (Å²) in [5.74, 6) is 0. The zero-order chi connectivity index (χ0) is 9.52. The highest BCUT2D eigenvalue weighted by molar-refractivity contribution is 4.75. The predicted molar refractivity (Wildman–Crippen MR) is 51.3 cm³/mol. The fourth-order valence-electron chi connectivity index (χ4n) is 1.66. The van der Waals surface area contributed by atoms with Crippen LogP contribution in [0.2, 0.25) is 0 Å². The standard InChI is InChI=1S/C10H18N2O/c1-2-12(7-4-6-11)9-10-5-3-8-13-10/h10H,2-5,7-9H2,1H3. The lowest BCUT2D eigenvalue weighted by Gasteiger charge is -2.22. The van der Waals surface area contributed by atoms with Crippen molar-refractivity contribution < 1.29 is 4.74 Å². The summed E-state index contributed by atoms with van der Waals surface area (Å²) in [6, 6.07) is 2.17. The van der Waals surface area contributed by atoms with Crippen molar-refractivity contribution in [3.8, 4) is 6.07 Å². The van der Waals surface area contributed by atoms with E-state index < -0.39 is 0 Å². The van der Waals surface area contributed by atoms with Crippen LogP contribution in [0.3, 0.4) is 0 Å². The summed E-state index contributed by atoms with van der Waals surface area (Å²) in [5, 5.41) is 8.46. The Labute approximate surface area is 80.3 Å². The first-order chi connectivity index (χ1) is 6.36. The third-order valence-corrected chi connectivity index (χ3v) is 2.47. The fourth-order valence-corrected chi connectivity index (χ4v) is 1.66. The zero-order valence-electron chi connectivity index (χ0n) is 8.33. The van der Waals surface area contributed by atoms with Crippen LogP contribution in [0.25, 0.3) is 0 Å². The van der Waals surface area contributed by atoms with E-state index >= 15 is 0 Å². The van der Waals surface area contributed by atoms with Gasteiger partial charge in [-0.15, -0.1) is 0 Å². The van der Waals surface area contributed by atoms with Crippen molar-refractivity contribution in [3.05, 3.63) is 0 Å². The summed E-state index contributed by atoms with van der Waals surface area (Å²) < 4.78 is 5.54. The van der Waals surface area contributed by atoms with E-state index in [2.05, 4.69) is 17.9 Å². The third-order valence-electron chi connectivity index (χ3n) is 2.47. The highest BCUT2D eigenvalue weighted by Crippen LogP contribution is 2.13. The van der Waals surface area contributed by atoms with Gasteiger partial charge >= 0.3 is 0 Å². The molecule has 3 heteroatoms. The van der Waals surface area contributed by atoms with Crippen LogP contribution in [0.5, 0.6) is 0 Å². The molecule has 0 N–H and O–H groups in total. The Morgan fingerprint density at radius 1 is 1.62 bits per heavy atom. The fraction of sp³-hybridized carbons (Fsp3) is 0.900. The van der Waals surface area contributed by atoms with Crippen LogP contribution in [0.4, 0.5) is 0 Å². The SMILES string of the molecule is CCN(CCC#N)CC1CCCO1. The Morgan fingerprint density at radius 3 is 3.00 bits per heavy atom. The van der Waals surface area contributed by atoms with E-state index in [1.807, 2.05) is 0 Å². The quantitative estimate of drug-likeness (QED) is 0.645. The molecular formula is C10H18N2O. The van der Waals surface area contributed by atoms with Gasteiger partial charge in [0.1, 0.15) is 0 Å². The molecule has 1 aliphatic heterocycles. The molecule has 0 aromatic heterocycles. The second-order valence-electron chi connectivity index (χ2n) is 3.44. The van der Waals surface area contributed by atoms with Crippen LogP contribution in [0.15, 0.2) is 0 Å². The Balaban J connectivity index is 2.18. The Hall–Kier alpha value is -0.590. The summed E-state index contributed by atoms with van der Waals surface area (Å²) in [6.45, 7) is 5.94. The molecule has 0 aliphatic carbocycles. The predicted octanol–water partition coefficient (Wildman–Crippen LogP) is 1.40. The van der Waals surface area contributed by atoms with Crippen molar-refractivity contribution in [2.75, 3.05) is 26.2 Å². The van der Waals surface area contributed by atoms with Crippen molar-refractivity contribution in [1.29, 1.82) is 5.26 Å². The number of rotatable bonds is 5. The summed E-state index contributed by atoms with van der Waals surface area (Å²) in [4.78, 5) is 2.29. The van der Waals surface area contributed by atoms with Gasteiger partial charge in [-0.1, -0.05) is 6.92 Å². The Morgan fingerprint density at radius 2 is 2.46 bits per heavy atom. The molecular weight excluding hydrogens is 164 g/mol. The van der Waals surface area contributed by atoms with Gasteiger partial charge in [0.2, 0.25) is 0 Å². The second-order valence-corrected chi connectivity index (χ2v) is 3.44. The van der Waals surface area contributed by atoms with Crippen LogP contribution in [0.1, 0.15) is 26.2 Å². The molecule has 74 valence electrons. The van der Waals surface area contributed by atoms with Gasteiger partial charge in [-0.3, -0.25) is 0 Å². The molecule has 0 saturated carbocycles. The first-order valence-corrected chi connectivity index (χ1v) is 5.07. The largest absolute Gasteiger partial charge is 0.377 e. The summed E-state index contributed by atoms with van der Waals surface area (Å²) in [7, 11) is 0. The average Bonchev–Trinajstić information content (AvgIpc) is 2.64. The summed E-state index contributed by atoms with van der Waals surface area (Å²) in [5.41, 5.74) is 0. The van der Waals surface area contributed by atoms with Gasteiger partial charge < -0.3 is 9.64 Å². The van der Waals surface area contributed by atoms with E-state index in [9.17, 15) is 0 Å². The van der Waals surface area contributed by atoms with E-state index in [-0.39, 0.29) is 0 Å². The molecule has 0 aromatic rings. The van der Waals surface area contributed by atoms with Crippen LogP contribution in [-0.4, -0.2) is 37.2 Å². The van der Waals surface area contributed by atoms with E-state index in [4.69, 9.17) is 10.00 Å². The molecule has 1 rings (SSSR count). The van der Waals surface area contributed by atoms with Crippen LogP contribution in [0, 0.1) is 11.3 Å². The van der Waals surface area contributed by atoms with Crippen LogP contribution < -0.4 is 0 Å². The van der Waals surface area contributed by atoms with Crippen LogP contribution >= 0.6 is 0 Å². The maximum absolute atomic E-state index is 8.46.